The van der Waals surface area contributed by atoms with Crippen molar-refractivity contribution in [2.24, 2.45) is 0 Å². The normalized spacial score (nSPS) is 23.7. The van der Waals surface area contributed by atoms with Crippen molar-refractivity contribution in [2.75, 3.05) is 26.7 Å². The molecule has 1 amide bonds. The third-order valence-corrected chi connectivity index (χ3v) is 3.16. The fourth-order valence-corrected chi connectivity index (χ4v) is 2.15. The second kappa shape index (κ2) is 7.10. The van der Waals surface area contributed by atoms with E-state index in [1.165, 1.54) is 0 Å². The predicted octanol–water partition coefficient (Wildman–Crippen LogP) is 2.01. The van der Waals surface area contributed by atoms with Gasteiger partial charge >= 0.3 is 6.09 Å². The molecule has 1 fully saturated rings. The van der Waals surface area contributed by atoms with Gasteiger partial charge in [0.1, 0.15) is 5.60 Å². The van der Waals surface area contributed by atoms with Gasteiger partial charge < -0.3 is 19.7 Å². The van der Waals surface area contributed by atoms with Gasteiger partial charge in [0.05, 0.1) is 18.7 Å². The van der Waals surface area contributed by atoms with E-state index in [2.05, 4.69) is 12.2 Å². The summed E-state index contributed by atoms with van der Waals surface area (Å²) in [5.74, 6) is 0. The molecule has 19 heavy (non-hydrogen) atoms. The lowest BCUT2D eigenvalue weighted by Gasteiger charge is -2.24. The van der Waals surface area contributed by atoms with Gasteiger partial charge in [-0.1, -0.05) is 13.3 Å². The van der Waals surface area contributed by atoms with Gasteiger partial charge in [0.15, 0.2) is 0 Å². The fourth-order valence-electron chi connectivity index (χ4n) is 2.15. The van der Waals surface area contributed by atoms with Crippen LogP contribution in [-0.4, -0.2) is 55.5 Å². The minimum absolute atomic E-state index is 0.0457. The lowest BCUT2D eigenvalue weighted by molar-refractivity contribution is 0.0252. The van der Waals surface area contributed by atoms with Crippen LogP contribution in [0.5, 0.6) is 0 Å². The van der Waals surface area contributed by atoms with E-state index in [-0.39, 0.29) is 18.2 Å². The summed E-state index contributed by atoms with van der Waals surface area (Å²) in [6.07, 6.45) is 2.09. The Morgan fingerprint density at radius 3 is 2.58 bits per heavy atom. The molecule has 1 unspecified atom stereocenters. The Morgan fingerprint density at radius 2 is 2.05 bits per heavy atom. The molecule has 1 saturated heterocycles. The number of amides is 1. The van der Waals surface area contributed by atoms with Crippen LogP contribution in [0.4, 0.5) is 4.79 Å². The molecule has 0 spiro atoms. The molecule has 0 aliphatic carbocycles. The van der Waals surface area contributed by atoms with E-state index in [0.717, 1.165) is 19.4 Å². The van der Waals surface area contributed by atoms with Gasteiger partial charge in [0, 0.05) is 13.7 Å². The zero-order valence-electron chi connectivity index (χ0n) is 12.9. The van der Waals surface area contributed by atoms with Crippen LogP contribution >= 0.6 is 0 Å². The van der Waals surface area contributed by atoms with E-state index in [1.807, 2.05) is 20.8 Å². The Kier molecular flexibility index (Phi) is 6.07. The van der Waals surface area contributed by atoms with Gasteiger partial charge in [-0.05, 0) is 33.7 Å². The van der Waals surface area contributed by atoms with Crippen LogP contribution in [0.3, 0.4) is 0 Å². The fraction of sp³-hybridized carbons (Fsp3) is 0.929. The molecule has 0 bridgehead atoms. The SMILES string of the molecule is CCCCNC1CN(C(=O)OC(C)(C)C)C[C@@H]1OC. The van der Waals surface area contributed by atoms with Gasteiger partial charge in [0.2, 0.25) is 0 Å². The Labute approximate surface area is 116 Å². The molecule has 0 aromatic heterocycles. The zero-order valence-corrected chi connectivity index (χ0v) is 12.9. The third kappa shape index (κ3) is 5.37. The number of unbranched alkanes of at least 4 members (excludes halogenated alkanes) is 1. The first-order valence-electron chi connectivity index (χ1n) is 7.11. The Morgan fingerprint density at radius 1 is 1.37 bits per heavy atom. The van der Waals surface area contributed by atoms with E-state index in [4.69, 9.17) is 9.47 Å². The van der Waals surface area contributed by atoms with Crippen molar-refractivity contribution in [3.63, 3.8) is 0 Å². The minimum Gasteiger partial charge on any atom is -0.444 e. The predicted molar refractivity (Wildman–Crippen MR) is 75.3 cm³/mol. The first-order valence-corrected chi connectivity index (χ1v) is 7.11. The first kappa shape index (κ1) is 16.2. The molecule has 0 aromatic carbocycles. The maximum Gasteiger partial charge on any atom is 0.410 e. The Bertz CT molecular complexity index is 289. The van der Waals surface area contributed by atoms with Crippen LogP contribution in [-0.2, 0) is 9.47 Å². The van der Waals surface area contributed by atoms with E-state index >= 15 is 0 Å². The van der Waals surface area contributed by atoms with Gasteiger partial charge in [-0.15, -0.1) is 0 Å². The summed E-state index contributed by atoms with van der Waals surface area (Å²) in [6.45, 7) is 10.0. The maximum absolute atomic E-state index is 12.0. The summed E-state index contributed by atoms with van der Waals surface area (Å²) in [6, 6.07) is 0.198. The van der Waals surface area contributed by atoms with Gasteiger partial charge in [0.25, 0.3) is 0 Å². The summed E-state index contributed by atoms with van der Waals surface area (Å²) >= 11 is 0. The topological polar surface area (TPSA) is 50.8 Å². The van der Waals surface area contributed by atoms with Crippen LogP contribution in [0.2, 0.25) is 0 Å². The second-order valence-electron chi connectivity index (χ2n) is 6.07. The van der Waals surface area contributed by atoms with Crippen LogP contribution in [0.25, 0.3) is 0 Å². The van der Waals surface area contributed by atoms with E-state index in [9.17, 15) is 4.79 Å². The molecule has 1 N–H and O–H groups in total. The van der Waals surface area contributed by atoms with Crippen molar-refractivity contribution in [2.45, 2.75) is 58.3 Å². The van der Waals surface area contributed by atoms with Crippen molar-refractivity contribution in [1.29, 1.82) is 0 Å². The number of methoxy groups -OCH3 is 1. The standard InChI is InChI=1S/C14H28N2O3/c1-6-7-8-15-11-9-16(10-12(11)18-5)13(17)19-14(2,3)4/h11-12,15H,6-10H2,1-5H3/t11?,12-/m0/s1. The summed E-state index contributed by atoms with van der Waals surface area (Å²) in [7, 11) is 1.69. The molecule has 0 saturated carbocycles. The van der Waals surface area contributed by atoms with Gasteiger partial charge in [-0.25, -0.2) is 4.79 Å². The highest BCUT2D eigenvalue weighted by Crippen LogP contribution is 2.17. The Balaban J connectivity index is 2.48. The van der Waals surface area contributed by atoms with Crippen molar-refractivity contribution in [3.05, 3.63) is 0 Å². The van der Waals surface area contributed by atoms with Crippen molar-refractivity contribution < 1.29 is 14.3 Å². The number of nitrogens with zero attached hydrogens (tertiary/aromatic N) is 1. The molecule has 1 aliphatic heterocycles. The van der Waals surface area contributed by atoms with Gasteiger partial charge in [-0.3, -0.25) is 0 Å². The van der Waals surface area contributed by atoms with Crippen LogP contribution in [0.15, 0.2) is 0 Å². The molecule has 2 atom stereocenters. The zero-order chi connectivity index (χ0) is 14.5. The number of ether oxygens (including phenoxy) is 2. The molecule has 0 aromatic rings. The maximum atomic E-state index is 12.0. The molecule has 1 heterocycles. The van der Waals surface area contributed by atoms with E-state index in [1.54, 1.807) is 12.0 Å². The number of rotatable bonds is 5. The molecule has 5 heteroatoms. The highest BCUT2D eigenvalue weighted by atomic mass is 16.6. The summed E-state index contributed by atoms with van der Waals surface area (Å²) in [4.78, 5) is 13.7. The smallest absolute Gasteiger partial charge is 0.410 e. The minimum atomic E-state index is -0.451. The number of likely N-dealkylation sites (tertiary alicyclic amines) is 1. The van der Waals surface area contributed by atoms with Crippen molar-refractivity contribution >= 4 is 6.09 Å². The van der Waals surface area contributed by atoms with Crippen molar-refractivity contribution in [3.8, 4) is 0 Å². The molecule has 112 valence electrons. The summed E-state index contributed by atoms with van der Waals surface area (Å²) < 4.78 is 10.8. The average molecular weight is 272 g/mol. The number of carbonyl (C=O) groups is 1. The first-order chi connectivity index (χ1) is 8.87. The quantitative estimate of drug-likeness (QED) is 0.778. The monoisotopic (exact) mass is 272 g/mol. The number of hydrogen-bond acceptors (Lipinski definition) is 4. The van der Waals surface area contributed by atoms with Crippen LogP contribution in [0.1, 0.15) is 40.5 Å². The molecular weight excluding hydrogens is 244 g/mol. The number of carbonyl (C=O) groups excluding carboxylic acids is 1. The molecular formula is C14H28N2O3. The van der Waals surface area contributed by atoms with Crippen molar-refractivity contribution in [1.82, 2.24) is 10.2 Å². The average Bonchev–Trinajstić information content (AvgIpc) is 2.70. The Hall–Kier alpha value is -0.810. The highest BCUT2D eigenvalue weighted by molar-refractivity contribution is 5.68. The molecule has 5 nitrogen and oxygen atoms in total. The molecule has 1 rings (SSSR count). The van der Waals surface area contributed by atoms with Crippen LogP contribution in [0, 0.1) is 0 Å². The van der Waals surface area contributed by atoms with E-state index in [0.29, 0.717) is 13.1 Å². The van der Waals surface area contributed by atoms with Gasteiger partial charge in [-0.2, -0.15) is 0 Å². The lowest BCUT2D eigenvalue weighted by Crippen LogP contribution is -2.41. The van der Waals surface area contributed by atoms with E-state index < -0.39 is 5.60 Å². The highest BCUT2D eigenvalue weighted by Gasteiger charge is 2.36. The van der Waals surface area contributed by atoms with Crippen LogP contribution < -0.4 is 5.32 Å². The summed E-state index contributed by atoms with van der Waals surface area (Å²) in [5, 5.41) is 3.46. The number of nitrogens with one attached hydrogen (secondary N) is 1. The summed E-state index contributed by atoms with van der Waals surface area (Å²) in [5.41, 5.74) is -0.451. The molecule has 0 radical (unpaired) electrons. The lowest BCUT2D eigenvalue weighted by atomic mass is 10.2. The molecule has 1 aliphatic rings. The number of hydrogen-bond donors (Lipinski definition) is 1. The largest absolute Gasteiger partial charge is 0.444 e. The second-order valence-corrected chi connectivity index (χ2v) is 6.07. The third-order valence-electron chi connectivity index (χ3n) is 3.16.